The molecule has 1 aromatic carbocycles. The summed E-state index contributed by atoms with van der Waals surface area (Å²) >= 11 is 0. The van der Waals surface area contributed by atoms with E-state index in [0.717, 1.165) is 24.4 Å². The molecule has 116 valence electrons. The predicted octanol–water partition coefficient (Wildman–Crippen LogP) is 2.55. The van der Waals surface area contributed by atoms with Crippen molar-refractivity contribution in [2.75, 3.05) is 26.2 Å². The van der Waals surface area contributed by atoms with Crippen molar-refractivity contribution in [3.05, 3.63) is 29.3 Å². The number of phenols is 1. The molecule has 4 heteroatoms. The van der Waals surface area contributed by atoms with Crippen LogP contribution in [0.25, 0.3) is 0 Å². The summed E-state index contributed by atoms with van der Waals surface area (Å²) < 4.78 is 0. The molecule has 21 heavy (non-hydrogen) atoms. The van der Waals surface area contributed by atoms with Crippen molar-refractivity contribution in [2.45, 2.75) is 33.1 Å². The third-order valence-electron chi connectivity index (χ3n) is 4.21. The number of piperidine rings is 1. The molecule has 0 aliphatic carbocycles. The van der Waals surface area contributed by atoms with Crippen LogP contribution in [0, 0.1) is 12.8 Å². The monoisotopic (exact) mass is 290 g/mol. The molecule has 1 aliphatic heterocycles. The molecule has 1 fully saturated rings. The zero-order valence-electron chi connectivity index (χ0n) is 13.1. The second-order valence-corrected chi connectivity index (χ2v) is 6.15. The minimum atomic E-state index is -0.191. The molecule has 0 bridgehead atoms. The summed E-state index contributed by atoms with van der Waals surface area (Å²) in [5.41, 5.74) is 1.34. The van der Waals surface area contributed by atoms with Gasteiger partial charge >= 0.3 is 0 Å². The molecule has 0 aromatic heterocycles. The first-order valence-corrected chi connectivity index (χ1v) is 7.86. The van der Waals surface area contributed by atoms with Crippen LogP contribution in [0.3, 0.4) is 0 Å². The lowest BCUT2D eigenvalue weighted by Crippen LogP contribution is -2.35. The lowest BCUT2D eigenvalue weighted by atomic mass is 9.99. The number of benzene rings is 1. The van der Waals surface area contributed by atoms with Gasteiger partial charge in [-0.3, -0.25) is 4.79 Å². The van der Waals surface area contributed by atoms with Gasteiger partial charge in [0.05, 0.1) is 5.56 Å². The quantitative estimate of drug-likeness (QED) is 0.819. The third-order valence-corrected chi connectivity index (χ3v) is 4.21. The minimum Gasteiger partial charge on any atom is -0.507 e. The Morgan fingerprint density at radius 3 is 2.81 bits per heavy atom. The fourth-order valence-electron chi connectivity index (χ4n) is 2.72. The Kier molecular flexibility index (Phi) is 5.62. The summed E-state index contributed by atoms with van der Waals surface area (Å²) in [7, 11) is 0. The molecule has 4 nitrogen and oxygen atoms in total. The maximum absolute atomic E-state index is 12.0. The van der Waals surface area contributed by atoms with Gasteiger partial charge in [-0.25, -0.2) is 0 Å². The smallest absolute Gasteiger partial charge is 0.255 e. The van der Waals surface area contributed by atoms with Crippen LogP contribution in [0.15, 0.2) is 18.2 Å². The number of carbonyl (C=O) groups excluding carboxylic acids is 1. The van der Waals surface area contributed by atoms with Crippen LogP contribution in [0.2, 0.25) is 0 Å². The normalized spacial score (nSPS) is 16.9. The number of rotatable bonds is 5. The first-order valence-electron chi connectivity index (χ1n) is 7.86. The average molecular weight is 290 g/mol. The summed E-state index contributed by atoms with van der Waals surface area (Å²) in [5, 5.41) is 12.6. The van der Waals surface area contributed by atoms with Gasteiger partial charge in [0.15, 0.2) is 0 Å². The Morgan fingerprint density at radius 2 is 2.10 bits per heavy atom. The Labute approximate surface area is 127 Å². The number of likely N-dealkylation sites (tertiary alicyclic amines) is 1. The van der Waals surface area contributed by atoms with E-state index in [1.54, 1.807) is 18.2 Å². The maximum atomic E-state index is 12.0. The zero-order chi connectivity index (χ0) is 15.2. The van der Waals surface area contributed by atoms with Crippen LogP contribution < -0.4 is 5.32 Å². The van der Waals surface area contributed by atoms with E-state index in [-0.39, 0.29) is 11.7 Å². The molecular formula is C17H26N2O2. The van der Waals surface area contributed by atoms with Crippen molar-refractivity contribution in [1.82, 2.24) is 10.2 Å². The molecule has 1 aliphatic rings. The van der Waals surface area contributed by atoms with Gasteiger partial charge in [0.2, 0.25) is 0 Å². The van der Waals surface area contributed by atoms with E-state index in [1.807, 2.05) is 6.92 Å². The van der Waals surface area contributed by atoms with Crippen molar-refractivity contribution < 1.29 is 9.90 Å². The fraction of sp³-hybridized carbons (Fsp3) is 0.588. The molecule has 1 heterocycles. The molecule has 1 saturated heterocycles. The van der Waals surface area contributed by atoms with Gasteiger partial charge in [-0.15, -0.1) is 0 Å². The topological polar surface area (TPSA) is 52.6 Å². The first-order chi connectivity index (χ1) is 10.1. The fourth-order valence-corrected chi connectivity index (χ4v) is 2.72. The van der Waals surface area contributed by atoms with Gasteiger partial charge in [-0.05, 0) is 63.9 Å². The maximum Gasteiger partial charge on any atom is 0.255 e. The van der Waals surface area contributed by atoms with Gasteiger partial charge in [0.25, 0.3) is 5.91 Å². The van der Waals surface area contributed by atoms with E-state index in [2.05, 4.69) is 17.1 Å². The van der Waals surface area contributed by atoms with Crippen LogP contribution in [-0.2, 0) is 0 Å². The van der Waals surface area contributed by atoms with Crippen LogP contribution in [0.5, 0.6) is 5.75 Å². The molecule has 0 unspecified atom stereocenters. The average Bonchev–Trinajstić information content (AvgIpc) is 2.47. The number of hydrogen-bond acceptors (Lipinski definition) is 3. The number of hydrogen-bond donors (Lipinski definition) is 2. The number of amides is 1. The Balaban J connectivity index is 1.71. The highest BCUT2D eigenvalue weighted by atomic mass is 16.3. The number of aromatic hydroxyl groups is 1. The van der Waals surface area contributed by atoms with E-state index in [0.29, 0.717) is 12.1 Å². The van der Waals surface area contributed by atoms with Crippen molar-refractivity contribution in [2.24, 2.45) is 5.92 Å². The second-order valence-electron chi connectivity index (χ2n) is 6.15. The van der Waals surface area contributed by atoms with Gasteiger partial charge < -0.3 is 15.3 Å². The summed E-state index contributed by atoms with van der Waals surface area (Å²) in [6, 6.07) is 5.08. The van der Waals surface area contributed by atoms with E-state index < -0.39 is 0 Å². The van der Waals surface area contributed by atoms with Gasteiger partial charge in [0.1, 0.15) is 5.75 Å². The Morgan fingerprint density at radius 1 is 1.38 bits per heavy atom. The minimum absolute atomic E-state index is 0.0446. The summed E-state index contributed by atoms with van der Waals surface area (Å²) in [5.74, 6) is 0.705. The zero-order valence-corrected chi connectivity index (χ0v) is 13.1. The second kappa shape index (κ2) is 7.46. The predicted molar refractivity (Wildman–Crippen MR) is 84.6 cm³/mol. The highest BCUT2D eigenvalue weighted by Crippen LogP contribution is 2.18. The van der Waals surface area contributed by atoms with Crippen molar-refractivity contribution >= 4 is 5.91 Å². The number of nitrogens with one attached hydrogen (secondary N) is 1. The van der Waals surface area contributed by atoms with Crippen LogP contribution in [-0.4, -0.2) is 42.1 Å². The van der Waals surface area contributed by atoms with Crippen LogP contribution >= 0.6 is 0 Å². The van der Waals surface area contributed by atoms with Gasteiger partial charge in [0, 0.05) is 6.54 Å². The summed E-state index contributed by atoms with van der Waals surface area (Å²) in [6.07, 6.45) is 3.51. The Hall–Kier alpha value is -1.55. The number of phenolic OH excluding ortho intramolecular Hbond substituents is 1. The van der Waals surface area contributed by atoms with E-state index >= 15 is 0 Å². The highest BCUT2D eigenvalue weighted by molar-refractivity contribution is 5.96. The molecule has 0 radical (unpaired) electrons. The summed E-state index contributed by atoms with van der Waals surface area (Å²) in [4.78, 5) is 14.5. The van der Waals surface area contributed by atoms with Gasteiger partial charge in [-0.1, -0.05) is 18.6 Å². The molecule has 0 spiro atoms. The third kappa shape index (κ3) is 4.74. The molecule has 2 rings (SSSR count). The standard InChI is InChI=1S/C17H26N2O2/c1-13-6-10-19(11-7-13)9-3-8-18-17(21)15-12-14(2)4-5-16(15)20/h4-5,12-13,20H,3,6-11H2,1-2H3,(H,18,21). The lowest BCUT2D eigenvalue weighted by molar-refractivity contribution is 0.0948. The largest absolute Gasteiger partial charge is 0.507 e. The molecular weight excluding hydrogens is 264 g/mol. The Bertz CT molecular complexity index is 480. The molecule has 1 amide bonds. The van der Waals surface area contributed by atoms with Crippen molar-refractivity contribution in [3.8, 4) is 5.75 Å². The first kappa shape index (κ1) is 15.8. The van der Waals surface area contributed by atoms with Crippen LogP contribution in [0.4, 0.5) is 0 Å². The van der Waals surface area contributed by atoms with E-state index in [9.17, 15) is 9.90 Å². The van der Waals surface area contributed by atoms with Crippen molar-refractivity contribution in [1.29, 1.82) is 0 Å². The lowest BCUT2D eigenvalue weighted by Gasteiger charge is -2.30. The SMILES string of the molecule is Cc1ccc(O)c(C(=O)NCCCN2CCC(C)CC2)c1. The highest BCUT2D eigenvalue weighted by Gasteiger charge is 2.15. The number of aryl methyl sites for hydroxylation is 1. The van der Waals surface area contributed by atoms with E-state index in [4.69, 9.17) is 0 Å². The number of carbonyl (C=O) groups is 1. The molecule has 2 N–H and O–H groups in total. The summed E-state index contributed by atoms with van der Waals surface area (Å²) in [6.45, 7) is 8.26. The number of nitrogens with zero attached hydrogens (tertiary/aromatic N) is 1. The van der Waals surface area contributed by atoms with Crippen molar-refractivity contribution in [3.63, 3.8) is 0 Å². The molecule has 0 saturated carbocycles. The molecule has 1 aromatic rings. The van der Waals surface area contributed by atoms with E-state index in [1.165, 1.54) is 25.9 Å². The van der Waals surface area contributed by atoms with Gasteiger partial charge in [-0.2, -0.15) is 0 Å². The van der Waals surface area contributed by atoms with Crippen LogP contribution in [0.1, 0.15) is 42.1 Å². The molecule has 0 atom stereocenters.